The predicted octanol–water partition coefficient (Wildman–Crippen LogP) is 4.92. The first-order valence-corrected chi connectivity index (χ1v) is 16.0. The Morgan fingerprint density at radius 2 is 1.60 bits per heavy atom. The van der Waals surface area contributed by atoms with Crippen LogP contribution in [0.3, 0.4) is 0 Å². The summed E-state index contributed by atoms with van der Waals surface area (Å²) in [4.78, 5) is 9.29. The Hall–Kier alpha value is -2.95. The number of benzene rings is 2. The van der Waals surface area contributed by atoms with E-state index in [-0.39, 0.29) is 5.92 Å². The Kier molecular flexibility index (Phi) is 9.39. The molecule has 2 aliphatic heterocycles. The Bertz CT molecular complexity index is 1310. The number of likely N-dealkylation sites (tertiary alicyclic amines) is 1. The monoisotopic (exact) mass is 567 g/mol. The normalized spacial score (nSPS) is 17.4. The summed E-state index contributed by atoms with van der Waals surface area (Å²) in [5, 5.41) is 4.07. The summed E-state index contributed by atoms with van der Waals surface area (Å²) in [6.07, 6.45) is 5.69. The summed E-state index contributed by atoms with van der Waals surface area (Å²) in [5.74, 6) is 2.32. The topological polar surface area (TPSA) is 101 Å². The highest BCUT2D eigenvalue weighted by Gasteiger charge is 2.24. The largest absolute Gasteiger partial charge is 0.493 e. The van der Waals surface area contributed by atoms with Crippen molar-refractivity contribution in [2.24, 2.45) is 5.92 Å². The second-order valence-electron chi connectivity index (χ2n) is 11.2. The molecule has 9 nitrogen and oxygen atoms in total. The molecule has 0 radical (unpaired) electrons. The molecule has 0 atom stereocenters. The van der Waals surface area contributed by atoms with Crippen molar-refractivity contribution in [3.8, 4) is 16.9 Å². The summed E-state index contributed by atoms with van der Waals surface area (Å²) >= 11 is 0. The van der Waals surface area contributed by atoms with Gasteiger partial charge in [0.15, 0.2) is 5.82 Å². The first-order valence-electron chi connectivity index (χ1n) is 14.5. The number of aromatic nitrogens is 2. The van der Waals surface area contributed by atoms with Crippen LogP contribution in [-0.4, -0.2) is 69.3 Å². The van der Waals surface area contributed by atoms with Gasteiger partial charge >= 0.3 is 6.01 Å². The Balaban J connectivity index is 1.07. The summed E-state index contributed by atoms with van der Waals surface area (Å²) in [6, 6.07) is 15.7. The lowest BCUT2D eigenvalue weighted by molar-refractivity contribution is 0.220. The molecule has 2 saturated heterocycles. The van der Waals surface area contributed by atoms with Crippen molar-refractivity contribution in [3.63, 3.8) is 0 Å². The molecule has 0 bridgehead atoms. The Morgan fingerprint density at radius 1 is 0.950 bits per heavy atom. The fourth-order valence-electron chi connectivity index (χ4n) is 5.27. The molecule has 1 aromatic heterocycles. The van der Waals surface area contributed by atoms with Crippen molar-refractivity contribution in [2.45, 2.75) is 56.8 Å². The van der Waals surface area contributed by atoms with Crippen LogP contribution in [0.4, 0.5) is 6.01 Å². The second kappa shape index (κ2) is 13.1. The molecule has 0 saturated carbocycles. The minimum atomic E-state index is -3.52. The number of rotatable bonds is 11. The number of hydrogen-bond acceptors (Lipinski definition) is 8. The van der Waals surface area contributed by atoms with E-state index in [1.807, 2.05) is 36.4 Å². The molecule has 0 amide bonds. The smallest absolute Gasteiger partial charge is 0.324 e. The van der Waals surface area contributed by atoms with Crippen LogP contribution in [0.25, 0.3) is 11.1 Å². The van der Waals surface area contributed by atoms with E-state index in [0.29, 0.717) is 30.0 Å². The van der Waals surface area contributed by atoms with Crippen LogP contribution in [0, 0.1) is 5.92 Å². The molecule has 3 aromatic rings. The van der Waals surface area contributed by atoms with Gasteiger partial charge in [-0.25, -0.2) is 13.1 Å². The number of ether oxygens (including phenoxy) is 1. The van der Waals surface area contributed by atoms with E-state index in [9.17, 15) is 8.42 Å². The molecule has 5 rings (SSSR count). The molecule has 1 N–H and O–H groups in total. The van der Waals surface area contributed by atoms with E-state index in [1.54, 1.807) is 12.1 Å². The van der Waals surface area contributed by atoms with E-state index in [0.717, 1.165) is 68.3 Å². The first-order chi connectivity index (χ1) is 19.4. The zero-order valence-corrected chi connectivity index (χ0v) is 24.4. The lowest BCUT2D eigenvalue weighted by Gasteiger charge is -2.30. The third-order valence-corrected chi connectivity index (χ3v) is 9.32. The van der Waals surface area contributed by atoms with Gasteiger partial charge in [-0.1, -0.05) is 49.7 Å². The van der Waals surface area contributed by atoms with Crippen LogP contribution < -0.4 is 14.4 Å². The van der Waals surface area contributed by atoms with Gasteiger partial charge in [-0.2, -0.15) is 4.98 Å². The number of hydrogen-bond donors (Lipinski definition) is 1. The zero-order chi connectivity index (χ0) is 28.0. The van der Waals surface area contributed by atoms with Gasteiger partial charge in [-0.15, -0.1) is 0 Å². The van der Waals surface area contributed by atoms with E-state index in [1.165, 1.54) is 19.3 Å². The van der Waals surface area contributed by atoms with Crippen molar-refractivity contribution in [1.29, 1.82) is 0 Å². The second-order valence-corrected chi connectivity index (χ2v) is 12.9. The molecule has 3 heterocycles. The van der Waals surface area contributed by atoms with E-state index >= 15 is 0 Å². The lowest BCUT2D eigenvalue weighted by Crippen LogP contribution is -2.37. The fraction of sp³-hybridized carbons (Fsp3) is 0.533. The molecule has 2 aromatic carbocycles. The number of nitrogens with zero attached hydrogens (tertiary/aromatic N) is 4. The summed E-state index contributed by atoms with van der Waals surface area (Å²) in [7, 11) is -3.52. The number of piperidine rings is 2. The fourth-order valence-corrected chi connectivity index (χ4v) is 6.29. The number of sulfonamides is 1. The molecule has 10 heteroatoms. The maximum Gasteiger partial charge on any atom is 0.324 e. The van der Waals surface area contributed by atoms with Crippen LogP contribution in [0.15, 0.2) is 57.9 Å². The molecular formula is C30H41N5O4S. The highest BCUT2D eigenvalue weighted by Crippen LogP contribution is 2.27. The molecule has 0 aliphatic carbocycles. The van der Waals surface area contributed by atoms with Crippen LogP contribution in [-0.2, 0) is 10.0 Å². The first kappa shape index (κ1) is 28.6. The standard InChI is InChI=1S/C30H41N5O4S/c1-23(2)29-32-30(39-33-29)35-19-14-24(15-20-35)22-38-27-10-6-25(7-11-27)26-8-12-28(13-9-26)40(36,37)31-16-21-34-17-4-3-5-18-34/h6-13,23-24,31H,3-5,14-22H2,1-2H3. The van der Waals surface area contributed by atoms with E-state index < -0.39 is 10.0 Å². The molecule has 0 unspecified atom stereocenters. The Labute approximate surface area is 238 Å². The van der Waals surface area contributed by atoms with Crippen LogP contribution in [0.1, 0.15) is 57.7 Å². The van der Waals surface area contributed by atoms with Gasteiger partial charge in [0.1, 0.15) is 5.75 Å². The molecule has 2 aliphatic rings. The van der Waals surface area contributed by atoms with Crippen LogP contribution in [0.5, 0.6) is 5.75 Å². The third-order valence-electron chi connectivity index (χ3n) is 7.84. The summed E-state index contributed by atoms with van der Waals surface area (Å²) in [6.45, 7) is 9.86. The van der Waals surface area contributed by atoms with E-state index in [2.05, 4.69) is 38.5 Å². The summed E-state index contributed by atoms with van der Waals surface area (Å²) in [5.41, 5.74) is 1.98. The predicted molar refractivity (Wildman–Crippen MR) is 156 cm³/mol. The Morgan fingerprint density at radius 3 is 2.23 bits per heavy atom. The molecule has 216 valence electrons. The van der Waals surface area contributed by atoms with Crippen molar-refractivity contribution in [1.82, 2.24) is 19.8 Å². The van der Waals surface area contributed by atoms with Crippen molar-refractivity contribution in [2.75, 3.05) is 50.8 Å². The van der Waals surface area contributed by atoms with Gasteiger partial charge in [0, 0.05) is 32.1 Å². The SMILES string of the molecule is CC(C)c1noc(N2CCC(COc3ccc(-c4ccc(S(=O)(=O)NCCN5CCCCC5)cc4)cc3)CC2)n1. The van der Waals surface area contributed by atoms with Crippen LogP contribution >= 0.6 is 0 Å². The molecule has 0 spiro atoms. The zero-order valence-electron chi connectivity index (χ0n) is 23.6. The lowest BCUT2D eigenvalue weighted by atomic mass is 9.98. The van der Waals surface area contributed by atoms with Crippen molar-refractivity contribution >= 4 is 16.0 Å². The van der Waals surface area contributed by atoms with Gasteiger partial charge in [0.2, 0.25) is 10.0 Å². The molecular weight excluding hydrogens is 526 g/mol. The van der Waals surface area contributed by atoms with Gasteiger partial charge in [0.05, 0.1) is 11.5 Å². The highest BCUT2D eigenvalue weighted by molar-refractivity contribution is 7.89. The maximum absolute atomic E-state index is 12.7. The van der Waals surface area contributed by atoms with Crippen LogP contribution in [0.2, 0.25) is 0 Å². The minimum Gasteiger partial charge on any atom is -0.493 e. The average molecular weight is 568 g/mol. The molecule has 40 heavy (non-hydrogen) atoms. The van der Waals surface area contributed by atoms with Gasteiger partial charge in [0.25, 0.3) is 0 Å². The van der Waals surface area contributed by atoms with Crippen molar-refractivity contribution in [3.05, 3.63) is 54.4 Å². The van der Waals surface area contributed by atoms with Gasteiger partial charge < -0.3 is 19.1 Å². The van der Waals surface area contributed by atoms with Gasteiger partial charge in [-0.3, -0.25) is 0 Å². The van der Waals surface area contributed by atoms with Gasteiger partial charge in [-0.05, 0) is 80.1 Å². The number of nitrogens with one attached hydrogen (secondary N) is 1. The highest BCUT2D eigenvalue weighted by atomic mass is 32.2. The average Bonchev–Trinajstić information content (AvgIpc) is 3.48. The molecule has 2 fully saturated rings. The van der Waals surface area contributed by atoms with Crippen molar-refractivity contribution < 1.29 is 17.7 Å². The maximum atomic E-state index is 12.7. The summed E-state index contributed by atoms with van der Waals surface area (Å²) < 4.78 is 39.7. The number of anilines is 1. The quantitative estimate of drug-likeness (QED) is 0.349. The minimum absolute atomic E-state index is 0.256. The third kappa shape index (κ3) is 7.41. The van der Waals surface area contributed by atoms with E-state index in [4.69, 9.17) is 9.26 Å².